The van der Waals surface area contributed by atoms with Gasteiger partial charge >= 0.3 is 0 Å². The van der Waals surface area contributed by atoms with E-state index in [0.29, 0.717) is 11.2 Å². The summed E-state index contributed by atoms with van der Waals surface area (Å²) >= 11 is 0. The lowest BCUT2D eigenvalue weighted by molar-refractivity contribution is -0.384. The van der Waals surface area contributed by atoms with Gasteiger partial charge in [-0.05, 0) is 20.2 Å². The Hall–Kier alpha value is -1.56. The standard InChI is InChI=1S/C11H16BN3O2/c1-13(2)6-7-14(3)10-5-4-9(12)8-11(10)15(16)17/h4-5,8H,6-7H2,1-3H3. The largest absolute Gasteiger partial charge is 0.368 e. The SMILES string of the molecule is [B]c1ccc(N(C)CCN(C)C)c([N+](=O)[O-])c1. The number of rotatable bonds is 5. The number of nitro groups is 1. The first-order chi connectivity index (χ1) is 7.91. The van der Waals surface area contributed by atoms with Gasteiger partial charge in [-0.1, -0.05) is 11.5 Å². The van der Waals surface area contributed by atoms with Crippen LogP contribution in [-0.4, -0.2) is 51.9 Å². The second-order valence-corrected chi connectivity index (χ2v) is 4.23. The molecule has 1 aromatic carbocycles. The van der Waals surface area contributed by atoms with E-state index in [0.717, 1.165) is 13.1 Å². The third-order valence-electron chi connectivity index (χ3n) is 2.49. The zero-order chi connectivity index (χ0) is 13.0. The average molecular weight is 233 g/mol. The molecule has 0 saturated heterocycles. The fourth-order valence-corrected chi connectivity index (χ4v) is 1.48. The Balaban J connectivity index is 2.92. The van der Waals surface area contributed by atoms with Crippen molar-refractivity contribution in [2.45, 2.75) is 0 Å². The van der Waals surface area contributed by atoms with E-state index in [1.54, 1.807) is 12.1 Å². The summed E-state index contributed by atoms with van der Waals surface area (Å²) in [5.41, 5.74) is 1.04. The van der Waals surface area contributed by atoms with Crippen molar-refractivity contribution in [1.29, 1.82) is 0 Å². The minimum absolute atomic E-state index is 0.0475. The van der Waals surface area contributed by atoms with Crippen molar-refractivity contribution in [3.63, 3.8) is 0 Å². The Morgan fingerprint density at radius 3 is 2.47 bits per heavy atom. The fraction of sp³-hybridized carbons (Fsp3) is 0.455. The lowest BCUT2D eigenvalue weighted by Crippen LogP contribution is -2.29. The second kappa shape index (κ2) is 5.68. The average Bonchev–Trinajstić information content (AvgIpc) is 2.25. The predicted molar refractivity (Wildman–Crippen MR) is 70.3 cm³/mol. The first-order valence-corrected chi connectivity index (χ1v) is 5.31. The molecule has 0 aromatic heterocycles. The summed E-state index contributed by atoms with van der Waals surface area (Å²) in [6.07, 6.45) is 0. The van der Waals surface area contributed by atoms with Gasteiger partial charge in [0.2, 0.25) is 0 Å². The number of likely N-dealkylation sites (N-methyl/N-ethyl adjacent to an activating group) is 2. The quantitative estimate of drug-likeness (QED) is 0.419. The highest BCUT2D eigenvalue weighted by molar-refractivity contribution is 6.32. The summed E-state index contributed by atoms with van der Waals surface area (Å²) in [5.74, 6) is 0. The molecule has 0 spiro atoms. The summed E-state index contributed by atoms with van der Waals surface area (Å²) in [7, 11) is 11.3. The van der Waals surface area contributed by atoms with Gasteiger partial charge in [-0.3, -0.25) is 10.1 Å². The molecule has 1 rings (SSSR count). The first kappa shape index (κ1) is 13.5. The van der Waals surface area contributed by atoms with Crippen LogP contribution in [0, 0.1) is 10.1 Å². The summed E-state index contributed by atoms with van der Waals surface area (Å²) in [5, 5.41) is 10.9. The van der Waals surface area contributed by atoms with Gasteiger partial charge in [0.1, 0.15) is 13.5 Å². The molecule has 0 aliphatic rings. The molecule has 0 amide bonds. The highest BCUT2D eigenvalue weighted by atomic mass is 16.6. The van der Waals surface area contributed by atoms with Crippen LogP contribution in [0.1, 0.15) is 0 Å². The molecule has 0 aliphatic heterocycles. The first-order valence-electron chi connectivity index (χ1n) is 5.31. The van der Waals surface area contributed by atoms with Gasteiger partial charge in [0.05, 0.1) is 4.92 Å². The van der Waals surface area contributed by atoms with Gasteiger partial charge in [-0.25, -0.2) is 0 Å². The molecule has 5 nitrogen and oxygen atoms in total. The van der Waals surface area contributed by atoms with E-state index < -0.39 is 4.92 Å². The topological polar surface area (TPSA) is 49.6 Å². The zero-order valence-corrected chi connectivity index (χ0v) is 10.4. The molecule has 0 heterocycles. The maximum atomic E-state index is 10.9. The molecule has 0 N–H and O–H groups in total. The van der Waals surface area contributed by atoms with Crippen LogP contribution in [-0.2, 0) is 0 Å². The number of benzene rings is 1. The van der Waals surface area contributed by atoms with Gasteiger partial charge in [0.15, 0.2) is 0 Å². The van der Waals surface area contributed by atoms with Crippen molar-refractivity contribution < 1.29 is 4.92 Å². The minimum atomic E-state index is -0.405. The third kappa shape index (κ3) is 3.74. The molecular formula is C11H16BN3O2. The highest BCUT2D eigenvalue weighted by Crippen LogP contribution is 2.25. The maximum Gasteiger partial charge on any atom is 0.291 e. The van der Waals surface area contributed by atoms with Crippen LogP contribution in [0.25, 0.3) is 0 Å². The molecule has 6 heteroatoms. The summed E-state index contributed by atoms with van der Waals surface area (Å²) in [6, 6.07) is 4.75. The van der Waals surface area contributed by atoms with Gasteiger partial charge < -0.3 is 9.80 Å². The molecule has 0 atom stereocenters. The summed E-state index contributed by atoms with van der Waals surface area (Å²) in [6.45, 7) is 1.55. The Morgan fingerprint density at radius 2 is 1.94 bits per heavy atom. The smallest absolute Gasteiger partial charge is 0.291 e. The molecule has 0 aliphatic carbocycles. The second-order valence-electron chi connectivity index (χ2n) is 4.23. The van der Waals surface area contributed by atoms with Crippen molar-refractivity contribution in [3.8, 4) is 0 Å². The van der Waals surface area contributed by atoms with Crippen molar-refractivity contribution in [2.24, 2.45) is 0 Å². The van der Waals surface area contributed by atoms with E-state index in [1.165, 1.54) is 6.07 Å². The minimum Gasteiger partial charge on any atom is -0.368 e. The summed E-state index contributed by atoms with van der Waals surface area (Å²) in [4.78, 5) is 14.4. The molecule has 0 bridgehead atoms. The number of nitro benzene ring substituents is 1. The van der Waals surface area contributed by atoms with Gasteiger partial charge in [-0.2, -0.15) is 0 Å². The van der Waals surface area contributed by atoms with Crippen LogP contribution >= 0.6 is 0 Å². The number of nitrogens with zero attached hydrogens (tertiary/aromatic N) is 3. The van der Waals surface area contributed by atoms with Gasteiger partial charge in [0, 0.05) is 26.2 Å². The van der Waals surface area contributed by atoms with Crippen molar-refractivity contribution in [2.75, 3.05) is 39.1 Å². The van der Waals surface area contributed by atoms with Crippen LogP contribution in [0.2, 0.25) is 0 Å². The fourth-order valence-electron chi connectivity index (χ4n) is 1.48. The van der Waals surface area contributed by atoms with Gasteiger partial charge in [-0.15, -0.1) is 0 Å². The maximum absolute atomic E-state index is 10.9. The Labute approximate surface area is 103 Å². The van der Waals surface area contributed by atoms with Crippen LogP contribution < -0.4 is 10.4 Å². The molecule has 0 unspecified atom stereocenters. The lowest BCUT2D eigenvalue weighted by atomic mass is 9.95. The number of hydrogen-bond donors (Lipinski definition) is 0. The normalized spacial score (nSPS) is 10.6. The van der Waals surface area contributed by atoms with E-state index in [9.17, 15) is 10.1 Å². The number of hydrogen-bond acceptors (Lipinski definition) is 4. The van der Waals surface area contributed by atoms with Crippen molar-refractivity contribution >= 4 is 24.7 Å². The molecule has 1 aromatic rings. The summed E-state index contributed by atoms with van der Waals surface area (Å²) < 4.78 is 0. The molecule has 0 fully saturated rings. The van der Waals surface area contributed by atoms with Crippen molar-refractivity contribution in [3.05, 3.63) is 28.3 Å². The zero-order valence-electron chi connectivity index (χ0n) is 10.4. The Morgan fingerprint density at radius 1 is 1.29 bits per heavy atom. The molecule has 0 saturated carbocycles. The Kier molecular flexibility index (Phi) is 4.51. The molecular weight excluding hydrogens is 217 g/mol. The van der Waals surface area contributed by atoms with Gasteiger partial charge in [0.25, 0.3) is 5.69 Å². The lowest BCUT2D eigenvalue weighted by Gasteiger charge is -2.21. The van der Waals surface area contributed by atoms with Crippen LogP contribution in [0.5, 0.6) is 0 Å². The molecule has 90 valence electrons. The van der Waals surface area contributed by atoms with E-state index in [4.69, 9.17) is 7.85 Å². The van der Waals surface area contributed by atoms with Crippen LogP contribution in [0.15, 0.2) is 18.2 Å². The van der Waals surface area contributed by atoms with Crippen LogP contribution in [0.4, 0.5) is 11.4 Å². The molecule has 2 radical (unpaired) electrons. The highest BCUT2D eigenvalue weighted by Gasteiger charge is 2.16. The monoisotopic (exact) mass is 233 g/mol. The number of anilines is 1. The molecule has 17 heavy (non-hydrogen) atoms. The van der Waals surface area contributed by atoms with E-state index in [2.05, 4.69) is 0 Å². The predicted octanol–water partition coefficient (Wildman–Crippen LogP) is 0.386. The Bertz CT molecular complexity index is 410. The van der Waals surface area contributed by atoms with E-state index in [1.807, 2.05) is 30.9 Å². The van der Waals surface area contributed by atoms with E-state index in [-0.39, 0.29) is 5.69 Å². The van der Waals surface area contributed by atoms with E-state index >= 15 is 0 Å². The van der Waals surface area contributed by atoms with Crippen molar-refractivity contribution in [1.82, 2.24) is 4.90 Å². The van der Waals surface area contributed by atoms with Crippen LogP contribution in [0.3, 0.4) is 0 Å². The third-order valence-corrected chi connectivity index (χ3v) is 2.49.